The Labute approximate surface area is 99.6 Å². The number of carbonyl (C=O) groups excluding carboxylic acids is 1. The fraction of sp³-hybridized carbons (Fsp3) is 0.300. The van der Waals surface area contributed by atoms with Crippen molar-refractivity contribution in [2.24, 2.45) is 0 Å². The molecule has 1 aromatic rings. The Morgan fingerprint density at radius 3 is 2.56 bits per heavy atom. The van der Waals surface area contributed by atoms with Crippen LogP contribution >= 0.6 is 0 Å². The van der Waals surface area contributed by atoms with Gasteiger partial charge in [-0.2, -0.15) is 13.2 Å². The summed E-state index contributed by atoms with van der Waals surface area (Å²) in [6, 6.07) is 0.439. The first-order chi connectivity index (χ1) is 8.23. The van der Waals surface area contributed by atoms with Crippen LogP contribution in [0.15, 0.2) is 18.3 Å². The predicted molar refractivity (Wildman–Crippen MR) is 53.8 cm³/mol. The minimum Gasteiger partial charge on any atom is -0.480 e. The Kier molecular flexibility index (Phi) is 3.89. The van der Waals surface area contributed by atoms with E-state index >= 15 is 0 Å². The van der Waals surface area contributed by atoms with E-state index in [0.29, 0.717) is 6.07 Å². The second-order valence-corrected chi connectivity index (χ2v) is 3.43. The molecule has 0 saturated carbocycles. The summed E-state index contributed by atoms with van der Waals surface area (Å²) in [5.74, 6) is -2.54. The van der Waals surface area contributed by atoms with Crippen LogP contribution < -0.4 is 5.32 Å². The topological polar surface area (TPSA) is 79.3 Å². The minimum absolute atomic E-state index is 0.702. The number of carboxylic acid groups (broad SMARTS) is 1. The molecule has 0 aromatic carbocycles. The standard InChI is InChI=1S/C10H9F3N2O3/c1-5(9(17)18)15-8(16)7-6(10(11,12)13)3-2-4-14-7/h2-5H,1H3,(H,15,16)(H,17,18)/t5-/m0/s1. The van der Waals surface area contributed by atoms with Crippen molar-refractivity contribution >= 4 is 11.9 Å². The Bertz CT molecular complexity index is 474. The third kappa shape index (κ3) is 3.19. The molecule has 18 heavy (non-hydrogen) atoms. The van der Waals surface area contributed by atoms with Crippen LogP contribution in [0, 0.1) is 0 Å². The van der Waals surface area contributed by atoms with Gasteiger partial charge in [0.1, 0.15) is 11.7 Å². The Hall–Kier alpha value is -2.12. The van der Waals surface area contributed by atoms with Crippen molar-refractivity contribution < 1.29 is 27.9 Å². The molecule has 0 aliphatic heterocycles. The number of halogens is 3. The van der Waals surface area contributed by atoms with Gasteiger partial charge in [0, 0.05) is 6.20 Å². The first-order valence-corrected chi connectivity index (χ1v) is 4.79. The highest BCUT2D eigenvalue weighted by atomic mass is 19.4. The van der Waals surface area contributed by atoms with E-state index in [1.54, 1.807) is 0 Å². The number of rotatable bonds is 3. The number of hydrogen-bond donors (Lipinski definition) is 2. The van der Waals surface area contributed by atoms with Crippen molar-refractivity contribution in [3.63, 3.8) is 0 Å². The van der Waals surface area contributed by atoms with Crippen molar-refractivity contribution in [3.8, 4) is 0 Å². The van der Waals surface area contributed by atoms with Gasteiger partial charge in [-0.05, 0) is 19.1 Å². The minimum atomic E-state index is -4.73. The van der Waals surface area contributed by atoms with Crippen LogP contribution in [0.2, 0.25) is 0 Å². The van der Waals surface area contributed by atoms with Crippen molar-refractivity contribution in [2.75, 3.05) is 0 Å². The smallest absolute Gasteiger partial charge is 0.418 e. The predicted octanol–water partition coefficient (Wildman–Crippen LogP) is 1.30. The molecule has 0 bridgehead atoms. The van der Waals surface area contributed by atoms with Crippen LogP contribution in [-0.4, -0.2) is 28.0 Å². The molecule has 5 nitrogen and oxygen atoms in total. The Morgan fingerprint density at radius 1 is 1.44 bits per heavy atom. The van der Waals surface area contributed by atoms with Gasteiger partial charge in [0.25, 0.3) is 5.91 Å². The lowest BCUT2D eigenvalue weighted by atomic mass is 10.1. The van der Waals surface area contributed by atoms with Crippen molar-refractivity contribution in [1.82, 2.24) is 10.3 Å². The molecule has 2 N–H and O–H groups in total. The van der Waals surface area contributed by atoms with E-state index in [1.165, 1.54) is 0 Å². The van der Waals surface area contributed by atoms with Crippen LogP contribution in [-0.2, 0) is 11.0 Å². The zero-order chi connectivity index (χ0) is 13.9. The van der Waals surface area contributed by atoms with Gasteiger partial charge in [0.05, 0.1) is 5.56 Å². The lowest BCUT2D eigenvalue weighted by Gasteiger charge is -2.13. The van der Waals surface area contributed by atoms with Gasteiger partial charge in [-0.15, -0.1) is 0 Å². The molecule has 1 amide bonds. The van der Waals surface area contributed by atoms with Gasteiger partial charge in [-0.3, -0.25) is 14.6 Å². The first kappa shape index (κ1) is 13.9. The van der Waals surface area contributed by atoms with E-state index in [2.05, 4.69) is 4.98 Å². The first-order valence-electron chi connectivity index (χ1n) is 4.79. The molecule has 1 atom stereocenters. The number of amides is 1. The number of hydrogen-bond acceptors (Lipinski definition) is 3. The summed E-state index contributed by atoms with van der Waals surface area (Å²) in [6.07, 6.45) is -3.71. The second-order valence-electron chi connectivity index (χ2n) is 3.43. The lowest BCUT2D eigenvalue weighted by Crippen LogP contribution is -2.39. The number of alkyl halides is 3. The molecule has 8 heteroatoms. The van der Waals surface area contributed by atoms with Gasteiger partial charge in [-0.25, -0.2) is 0 Å². The van der Waals surface area contributed by atoms with Crippen molar-refractivity contribution in [2.45, 2.75) is 19.1 Å². The number of aliphatic carboxylic acids is 1. The molecule has 0 fully saturated rings. The monoisotopic (exact) mass is 262 g/mol. The normalized spacial score (nSPS) is 12.9. The molecule has 0 saturated heterocycles. The number of nitrogens with one attached hydrogen (secondary N) is 1. The van der Waals surface area contributed by atoms with E-state index in [-0.39, 0.29) is 0 Å². The average Bonchev–Trinajstić information content (AvgIpc) is 2.27. The SMILES string of the molecule is C[C@H](NC(=O)c1ncccc1C(F)(F)F)C(=O)O. The van der Waals surface area contributed by atoms with Crippen LogP contribution in [0.3, 0.4) is 0 Å². The molecule has 0 aliphatic carbocycles. The summed E-state index contributed by atoms with van der Waals surface area (Å²) >= 11 is 0. The van der Waals surface area contributed by atoms with E-state index in [4.69, 9.17) is 5.11 Å². The zero-order valence-corrected chi connectivity index (χ0v) is 9.15. The van der Waals surface area contributed by atoms with Gasteiger partial charge < -0.3 is 10.4 Å². The lowest BCUT2D eigenvalue weighted by molar-refractivity contribution is -0.138. The highest BCUT2D eigenvalue weighted by Gasteiger charge is 2.36. The van der Waals surface area contributed by atoms with Crippen LogP contribution in [0.25, 0.3) is 0 Å². The highest BCUT2D eigenvalue weighted by Crippen LogP contribution is 2.30. The van der Waals surface area contributed by atoms with Crippen LogP contribution in [0.1, 0.15) is 23.0 Å². The fourth-order valence-electron chi connectivity index (χ4n) is 1.14. The number of carbonyl (C=O) groups is 2. The third-order valence-electron chi connectivity index (χ3n) is 2.05. The molecule has 0 aliphatic rings. The number of pyridine rings is 1. The van der Waals surface area contributed by atoms with E-state index < -0.39 is 35.4 Å². The molecule has 1 heterocycles. The summed E-state index contributed by atoms with van der Waals surface area (Å²) < 4.78 is 37.7. The Morgan fingerprint density at radius 2 is 2.06 bits per heavy atom. The van der Waals surface area contributed by atoms with Gasteiger partial charge in [0.15, 0.2) is 0 Å². The number of carboxylic acids is 1. The Balaban J connectivity index is 3.03. The number of nitrogens with zero attached hydrogens (tertiary/aromatic N) is 1. The zero-order valence-electron chi connectivity index (χ0n) is 9.15. The molecule has 1 rings (SSSR count). The molecule has 0 radical (unpaired) electrons. The van der Waals surface area contributed by atoms with Crippen molar-refractivity contribution in [3.05, 3.63) is 29.6 Å². The second kappa shape index (κ2) is 5.03. The van der Waals surface area contributed by atoms with Crippen LogP contribution in [0.5, 0.6) is 0 Å². The quantitative estimate of drug-likeness (QED) is 0.860. The van der Waals surface area contributed by atoms with Gasteiger partial charge in [-0.1, -0.05) is 0 Å². The van der Waals surface area contributed by atoms with E-state index in [0.717, 1.165) is 19.2 Å². The molecule has 0 unspecified atom stereocenters. The fourth-order valence-corrected chi connectivity index (χ4v) is 1.14. The highest BCUT2D eigenvalue weighted by molar-refractivity contribution is 5.96. The summed E-state index contributed by atoms with van der Waals surface area (Å²) in [5, 5.41) is 10.5. The maximum atomic E-state index is 12.6. The van der Waals surface area contributed by atoms with Gasteiger partial charge >= 0.3 is 12.1 Å². The van der Waals surface area contributed by atoms with Gasteiger partial charge in [0.2, 0.25) is 0 Å². The molecule has 1 aromatic heterocycles. The van der Waals surface area contributed by atoms with Crippen LogP contribution in [0.4, 0.5) is 13.2 Å². The van der Waals surface area contributed by atoms with E-state index in [9.17, 15) is 22.8 Å². The average molecular weight is 262 g/mol. The number of aromatic nitrogens is 1. The largest absolute Gasteiger partial charge is 0.480 e. The molecular formula is C10H9F3N2O3. The maximum absolute atomic E-state index is 12.6. The molecule has 98 valence electrons. The molecule has 0 spiro atoms. The van der Waals surface area contributed by atoms with E-state index in [1.807, 2.05) is 5.32 Å². The van der Waals surface area contributed by atoms with Crippen molar-refractivity contribution in [1.29, 1.82) is 0 Å². The maximum Gasteiger partial charge on any atom is 0.418 e. The molecular weight excluding hydrogens is 253 g/mol. The third-order valence-corrected chi connectivity index (χ3v) is 2.05. The summed E-state index contributed by atoms with van der Waals surface area (Å²) in [5.41, 5.74) is -2.06. The summed E-state index contributed by atoms with van der Waals surface area (Å²) in [6.45, 7) is 1.14. The summed E-state index contributed by atoms with van der Waals surface area (Å²) in [7, 11) is 0. The summed E-state index contributed by atoms with van der Waals surface area (Å²) in [4.78, 5) is 25.3.